The Kier molecular flexibility index (Phi) is 3.58. The molecule has 3 heterocycles. The van der Waals surface area contributed by atoms with E-state index < -0.39 is 0 Å². The fourth-order valence-corrected chi connectivity index (χ4v) is 3.27. The molecule has 7 nitrogen and oxygen atoms in total. The molecule has 0 aromatic carbocycles. The van der Waals surface area contributed by atoms with Gasteiger partial charge in [-0.15, -0.1) is 0 Å². The molecule has 7 heteroatoms. The van der Waals surface area contributed by atoms with Crippen LogP contribution in [0.1, 0.15) is 30.8 Å². The van der Waals surface area contributed by atoms with E-state index in [1.165, 1.54) is 13.2 Å². The van der Waals surface area contributed by atoms with Crippen molar-refractivity contribution in [3.8, 4) is 5.88 Å². The maximum Gasteiger partial charge on any atom is 0.292 e. The lowest BCUT2D eigenvalue weighted by Gasteiger charge is -2.47. The van der Waals surface area contributed by atoms with Crippen LogP contribution in [0.5, 0.6) is 5.88 Å². The second-order valence-corrected chi connectivity index (χ2v) is 6.56. The van der Waals surface area contributed by atoms with E-state index in [1.54, 1.807) is 4.90 Å². The zero-order valence-electron chi connectivity index (χ0n) is 13.2. The Morgan fingerprint density at radius 1 is 1.32 bits per heavy atom. The molecule has 2 saturated heterocycles. The molecule has 2 fully saturated rings. The van der Waals surface area contributed by atoms with Crippen molar-refractivity contribution in [1.82, 2.24) is 15.0 Å². The van der Waals surface area contributed by atoms with Crippen molar-refractivity contribution in [3.05, 3.63) is 11.8 Å². The summed E-state index contributed by atoms with van der Waals surface area (Å²) >= 11 is 0. The number of aromatic nitrogens is 1. The highest BCUT2D eigenvalue weighted by atomic mass is 16.5. The first-order valence-electron chi connectivity index (χ1n) is 7.53. The van der Waals surface area contributed by atoms with Gasteiger partial charge in [-0.1, -0.05) is 13.8 Å². The van der Waals surface area contributed by atoms with E-state index in [4.69, 9.17) is 9.26 Å². The molecule has 1 spiro atoms. The maximum absolute atomic E-state index is 12.3. The molecular formula is C15H21N3O4. The third kappa shape index (κ3) is 2.44. The third-order valence-corrected chi connectivity index (χ3v) is 4.49. The number of nitrogens with zero attached hydrogens (tertiary/aromatic N) is 3. The minimum Gasteiger partial charge on any atom is -0.479 e. The van der Waals surface area contributed by atoms with E-state index in [2.05, 4.69) is 5.16 Å². The van der Waals surface area contributed by atoms with Gasteiger partial charge in [-0.25, -0.2) is 0 Å². The van der Waals surface area contributed by atoms with E-state index in [-0.39, 0.29) is 28.9 Å². The fraction of sp³-hybridized carbons (Fsp3) is 0.667. The maximum atomic E-state index is 12.3. The van der Waals surface area contributed by atoms with Gasteiger partial charge in [0.1, 0.15) is 0 Å². The summed E-state index contributed by atoms with van der Waals surface area (Å²) in [7, 11) is 1.48. The van der Waals surface area contributed by atoms with Crippen LogP contribution in [0.4, 0.5) is 0 Å². The number of likely N-dealkylation sites (tertiary alicyclic amines) is 2. The van der Waals surface area contributed by atoms with Gasteiger partial charge < -0.3 is 19.1 Å². The van der Waals surface area contributed by atoms with Gasteiger partial charge in [-0.2, -0.15) is 0 Å². The quantitative estimate of drug-likeness (QED) is 0.833. The molecule has 0 saturated carbocycles. The van der Waals surface area contributed by atoms with Crippen LogP contribution >= 0.6 is 0 Å². The van der Waals surface area contributed by atoms with Gasteiger partial charge in [0.15, 0.2) is 0 Å². The van der Waals surface area contributed by atoms with Gasteiger partial charge >= 0.3 is 0 Å². The van der Waals surface area contributed by atoms with Crippen LogP contribution in [0.25, 0.3) is 0 Å². The summed E-state index contributed by atoms with van der Waals surface area (Å²) in [6, 6.07) is 1.50. The van der Waals surface area contributed by atoms with Crippen molar-refractivity contribution < 1.29 is 18.8 Å². The summed E-state index contributed by atoms with van der Waals surface area (Å²) in [5.41, 5.74) is 0.0598. The lowest BCUT2D eigenvalue weighted by atomic mass is 9.79. The molecule has 0 N–H and O–H groups in total. The minimum absolute atomic E-state index is 0.0228. The highest BCUT2D eigenvalue weighted by Gasteiger charge is 2.50. The smallest absolute Gasteiger partial charge is 0.292 e. The van der Waals surface area contributed by atoms with Crippen molar-refractivity contribution in [2.45, 2.75) is 20.3 Å². The van der Waals surface area contributed by atoms with Gasteiger partial charge in [0.25, 0.3) is 11.8 Å². The predicted octanol–water partition coefficient (Wildman–Crippen LogP) is 1.01. The average molecular weight is 307 g/mol. The van der Waals surface area contributed by atoms with Gasteiger partial charge in [-0.05, 0) is 11.6 Å². The number of ether oxygens (including phenoxy) is 1. The molecule has 0 atom stereocenters. The van der Waals surface area contributed by atoms with E-state index in [0.29, 0.717) is 19.0 Å². The first-order chi connectivity index (χ1) is 10.4. The number of hydrogen-bond acceptors (Lipinski definition) is 5. The van der Waals surface area contributed by atoms with Crippen LogP contribution in [0.15, 0.2) is 10.6 Å². The molecule has 22 heavy (non-hydrogen) atoms. The number of carbonyl (C=O) groups is 2. The fourth-order valence-electron chi connectivity index (χ4n) is 3.27. The molecular weight excluding hydrogens is 286 g/mol. The Labute approximate surface area is 129 Å². The van der Waals surface area contributed by atoms with Gasteiger partial charge in [-0.3, -0.25) is 9.59 Å². The molecule has 0 bridgehead atoms. The Hall–Kier alpha value is -2.05. The van der Waals surface area contributed by atoms with Gasteiger partial charge in [0.2, 0.25) is 11.7 Å². The molecule has 2 aliphatic rings. The van der Waals surface area contributed by atoms with Crippen LogP contribution in [0.3, 0.4) is 0 Å². The van der Waals surface area contributed by atoms with Crippen molar-refractivity contribution in [2.75, 3.05) is 33.3 Å². The summed E-state index contributed by atoms with van der Waals surface area (Å²) in [6.45, 7) is 6.69. The highest BCUT2D eigenvalue weighted by Crippen LogP contribution is 2.40. The average Bonchev–Trinajstić information content (AvgIpc) is 3.10. The Balaban J connectivity index is 1.58. The van der Waals surface area contributed by atoms with Crippen LogP contribution in [0.2, 0.25) is 0 Å². The first-order valence-corrected chi connectivity index (χ1v) is 7.53. The largest absolute Gasteiger partial charge is 0.479 e. The number of carbonyl (C=O) groups excluding carboxylic acids is 2. The number of methoxy groups -OCH3 is 1. The van der Waals surface area contributed by atoms with E-state index in [1.807, 2.05) is 18.7 Å². The van der Waals surface area contributed by atoms with E-state index in [0.717, 1.165) is 19.5 Å². The Morgan fingerprint density at radius 3 is 2.59 bits per heavy atom. The zero-order valence-corrected chi connectivity index (χ0v) is 13.2. The predicted molar refractivity (Wildman–Crippen MR) is 77.4 cm³/mol. The van der Waals surface area contributed by atoms with Crippen LogP contribution < -0.4 is 4.74 Å². The van der Waals surface area contributed by atoms with Crippen molar-refractivity contribution in [3.63, 3.8) is 0 Å². The lowest BCUT2D eigenvalue weighted by molar-refractivity contribution is -0.134. The van der Waals surface area contributed by atoms with E-state index >= 15 is 0 Å². The van der Waals surface area contributed by atoms with E-state index in [9.17, 15) is 9.59 Å². The number of hydrogen-bond donors (Lipinski definition) is 0. The molecule has 120 valence electrons. The third-order valence-electron chi connectivity index (χ3n) is 4.49. The summed E-state index contributed by atoms with van der Waals surface area (Å²) < 4.78 is 9.90. The molecule has 2 aliphatic heterocycles. The van der Waals surface area contributed by atoms with Crippen LogP contribution in [-0.4, -0.2) is 60.1 Å². The molecule has 0 unspecified atom stereocenters. The van der Waals surface area contributed by atoms with Crippen LogP contribution in [0, 0.1) is 11.3 Å². The monoisotopic (exact) mass is 307 g/mol. The molecule has 1 aromatic heterocycles. The molecule has 0 aliphatic carbocycles. The van der Waals surface area contributed by atoms with Crippen LogP contribution in [-0.2, 0) is 4.79 Å². The normalized spacial score (nSPS) is 19.6. The molecule has 1 aromatic rings. The number of rotatable bonds is 3. The summed E-state index contributed by atoms with van der Waals surface area (Å²) in [6.07, 6.45) is 0.953. The molecule has 3 rings (SSSR count). The lowest BCUT2D eigenvalue weighted by Crippen LogP contribution is -2.59. The van der Waals surface area contributed by atoms with Crippen molar-refractivity contribution in [2.24, 2.45) is 11.3 Å². The molecule has 2 amide bonds. The zero-order chi connectivity index (χ0) is 15.9. The second kappa shape index (κ2) is 5.30. The van der Waals surface area contributed by atoms with Gasteiger partial charge in [0.05, 0.1) is 13.2 Å². The summed E-state index contributed by atoms with van der Waals surface area (Å²) in [5.74, 6) is 0.541. The van der Waals surface area contributed by atoms with Gasteiger partial charge in [0, 0.05) is 37.5 Å². The van der Waals surface area contributed by atoms with Crippen molar-refractivity contribution in [1.29, 1.82) is 0 Å². The SMILES string of the molecule is COc1cc(C(=O)N2CC3(CCN(C(=O)C(C)C)C3)C2)on1. The highest BCUT2D eigenvalue weighted by molar-refractivity contribution is 5.92. The number of amides is 2. The van der Waals surface area contributed by atoms with Crippen molar-refractivity contribution >= 4 is 11.8 Å². The summed E-state index contributed by atoms with van der Waals surface area (Å²) in [5, 5.41) is 3.64. The second-order valence-electron chi connectivity index (χ2n) is 6.56. The first kappa shape index (κ1) is 14.9. The minimum atomic E-state index is -0.171. The topological polar surface area (TPSA) is 75.9 Å². The Morgan fingerprint density at radius 2 is 2.00 bits per heavy atom. The molecule has 0 radical (unpaired) electrons. The standard InChI is InChI=1S/C15H21N3O4/c1-10(2)13(19)17-5-4-15(7-17)8-18(9-15)14(20)11-6-12(21-3)16-22-11/h6,10H,4-5,7-9H2,1-3H3. The summed E-state index contributed by atoms with van der Waals surface area (Å²) in [4.78, 5) is 28.0. The Bertz CT molecular complexity index is 589.